The van der Waals surface area contributed by atoms with E-state index in [1.165, 1.54) is 0 Å². The number of hydrogen-bond acceptors (Lipinski definition) is 3. The lowest BCUT2D eigenvalue weighted by molar-refractivity contribution is 0.0766. The number of ether oxygens (including phenoxy) is 2. The van der Waals surface area contributed by atoms with Crippen LogP contribution in [0.4, 0.5) is 0 Å². The summed E-state index contributed by atoms with van der Waals surface area (Å²) in [7, 11) is 3.36. The van der Waals surface area contributed by atoms with E-state index in [0.29, 0.717) is 5.56 Å². The highest BCUT2D eigenvalue weighted by Gasteiger charge is 2.47. The molecular weight excluding hydrogens is 278 g/mol. The van der Waals surface area contributed by atoms with Crippen molar-refractivity contribution in [1.82, 2.24) is 4.98 Å². The maximum absolute atomic E-state index is 12.1. The van der Waals surface area contributed by atoms with Gasteiger partial charge in [-0.15, -0.1) is 0 Å². The van der Waals surface area contributed by atoms with Crippen LogP contribution in [0.5, 0.6) is 5.75 Å². The Balaban J connectivity index is 2.26. The van der Waals surface area contributed by atoms with Gasteiger partial charge in [0, 0.05) is 30.0 Å². The molecule has 0 atom stereocenters. The van der Waals surface area contributed by atoms with Gasteiger partial charge in [-0.25, -0.2) is 0 Å². The molecule has 0 radical (unpaired) electrons. The van der Waals surface area contributed by atoms with E-state index < -0.39 is 0 Å². The lowest BCUT2D eigenvalue weighted by atomic mass is 9.95. The van der Waals surface area contributed by atoms with Gasteiger partial charge in [0.25, 0.3) is 5.56 Å². The zero-order valence-corrected chi connectivity index (χ0v) is 12.8. The average molecular weight is 297 g/mol. The summed E-state index contributed by atoms with van der Waals surface area (Å²) >= 11 is 0. The first-order valence-electron chi connectivity index (χ1n) is 7.23. The van der Waals surface area contributed by atoms with Crippen LogP contribution < -0.4 is 10.3 Å². The van der Waals surface area contributed by atoms with Crippen LogP contribution in [0.15, 0.2) is 41.8 Å². The largest absolute Gasteiger partial charge is 0.496 e. The van der Waals surface area contributed by atoms with Crippen LogP contribution in [0.25, 0.3) is 17.2 Å². The van der Waals surface area contributed by atoms with Crippen LogP contribution in [0, 0.1) is 0 Å². The van der Waals surface area contributed by atoms with E-state index in [0.717, 1.165) is 35.3 Å². The standard InChI is InChI=1S/C18H19NO3/c1-4-12-10-13(14-6-5-9-19-17(14)20)11-15(16(12)21-2)18(22-3)7-8-18/h4-6,9-11H,1,7-8H2,2-3H3,(H,19,20). The molecule has 1 fully saturated rings. The summed E-state index contributed by atoms with van der Waals surface area (Å²) in [6, 6.07) is 7.54. The molecule has 22 heavy (non-hydrogen) atoms. The van der Waals surface area contributed by atoms with Crippen molar-refractivity contribution in [2.24, 2.45) is 0 Å². The van der Waals surface area contributed by atoms with Gasteiger partial charge in [-0.1, -0.05) is 12.7 Å². The molecule has 4 nitrogen and oxygen atoms in total. The molecule has 0 aliphatic heterocycles. The average Bonchev–Trinajstić information content (AvgIpc) is 3.35. The highest BCUT2D eigenvalue weighted by atomic mass is 16.5. The van der Waals surface area contributed by atoms with E-state index in [9.17, 15) is 4.79 Å². The van der Waals surface area contributed by atoms with Crippen LogP contribution >= 0.6 is 0 Å². The third-order valence-corrected chi connectivity index (χ3v) is 4.26. The Bertz CT molecular complexity index is 772. The zero-order valence-electron chi connectivity index (χ0n) is 12.8. The lowest BCUT2D eigenvalue weighted by Gasteiger charge is -2.20. The van der Waals surface area contributed by atoms with Crippen molar-refractivity contribution in [2.45, 2.75) is 18.4 Å². The first-order valence-corrected chi connectivity index (χ1v) is 7.23. The molecule has 0 unspecified atom stereocenters. The quantitative estimate of drug-likeness (QED) is 0.921. The Kier molecular flexibility index (Phi) is 3.62. The van der Waals surface area contributed by atoms with Crippen molar-refractivity contribution in [1.29, 1.82) is 0 Å². The third kappa shape index (κ3) is 2.25. The molecule has 0 amide bonds. The molecule has 1 aliphatic carbocycles. The second-order valence-corrected chi connectivity index (χ2v) is 5.46. The van der Waals surface area contributed by atoms with Crippen molar-refractivity contribution in [3.05, 3.63) is 58.5 Å². The molecule has 2 aromatic rings. The summed E-state index contributed by atoms with van der Waals surface area (Å²) in [4.78, 5) is 14.8. The van der Waals surface area contributed by atoms with Crippen molar-refractivity contribution >= 4 is 6.08 Å². The molecule has 1 saturated carbocycles. The topological polar surface area (TPSA) is 51.3 Å². The number of rotatable bonds is 5. The molecule has 1 heterocycles. The molecule has 1 aromatic carbocycles. The lowest BCUT2D eigenvalue weighted by Crippen LogP contribution is -2.13. The van der Waals surface area contributed by atoms with E-state index >= 15 is 0 Å². The number of pyridine rings is 1. The molecule has 1 aliphatic rings. The number of benzene rings is 1. The molecule has 0 saturated heterocycles. The van der Waals surface area contributed by atoms with E-state index in [-0.39, 0.29) is 11.2 Å². The first-order chi connectivity index (χ1) is 10.6. The molecular formula is C18H19NO3. The van der Waals surface area contributed by atoms with E-state index in [1.54, 1.807) is 26.5 Å². The smallest absolute Gasteiger partial charge is 0.255 e. The molecule has 3 rings (SSSR count). The van der Waals surface area contributed by atoms with Crippen LogP contribution in [-0.2, 0) is 10.3 Å². The fraction of sp³-hybridized carbons (Fsp3) is 0.278. The summed E-state index contributed by atoms with van der Waals surface area (Å²) in [6.07, 6.45) is 5.27. The highest BCUT2D eigenvalue weighted by molar-refractivity contribution is 5.72. The van der Waals surface area contributed by atoms with Gasteiger partial charge < -0.3 is 14.5 Å². The maximum Gasteiger partial charge on any atom is 0.255 e. The molecule has 0 spiro atoms. The molecule has 4 heteroatoms. The second-order valence-electron chi connectivity index (χ2n) is 5.46. The zero-order chi connectivity index (χ0) is 15.7. The number of methoxy groups -OCH3 is 2. The van der Waals surface area contributed by atoms with Crippen LogP contribution in [0.3, 0.4) is 0 Å². The van der Waals surface area contributed by atoms with E-state index in [4.69, 9.17) is 9.47 Å². The van der Waals surface area contributed by atoms with Gasteiger partial charge in [-0.3, -0.25) is 4.79 Å². The molecule has 114 valence electrons. The van der Waals surface area contributed by atoms with E-state index in [1.807, 2.05) is 24.3 Å². The van der Waals surface area contributed by atoms with Gasteiger partial charge in [0.15, 0.2) is 0 Å². The molecule has 1 aromatic heterocycles. The van der Waals surface area contributed by atoms with Gasteiger partial charge in [-0.05, 0) is 42.7 Å². The summed E-state index contributed by atoms with van der Waals surface area (Å²) in [5.74, 6) is 0.769. The Labute approximate surface area is 129 Å². The maximum atomic E-state index is 12.1. The molecule has 0 bridgehead atoms. The van der Waals surface area contributed by atoms with Crippen molar-refractivity contribution in [3.63, 3.8) is 0 Å². The Morgan fingerprint density at radius 3 is 2.64 bits per heavy atom. The third-order valence-electron chi connectivity index (χ3n) is 4.26. The normalized spacial score (nSPS) is 15.4. The Morgan fingerprint density at radius 1 is 1.32 bits per heavy atom. The van der Waals surface area contributed by atoms with Gasteiger partial charge in [-0.2, -0.15) is 0 Å². The van der Waals surface area contributed by atoms with Gasteiger partial charge in [0.2, 0.25) is 0 Å². The van der Waals surface area contributed by atoms with Gasteiger partial charge >= 0.3 is 0 Å². The first kappa shape index (κ1) is 14.6. The monoisotopic (exact) mass is 297 g/mol. The fourth-order valence-corrected chi connectivity index (χ4v) is 2.87. The predicted molar refractivity (Wildman–Crippen MR) is 87.1 cm³/mol. The Morgan fingerprint density at radius 2 is 2.09 bits per heavy atom. The summed E-state index contributed by atoms with van der Waals surface area (Å²) in [5, 5.41) is 0. The van der Waals surface area contributed by atoms with Crippen LogP contribution in [0.2, 0.25) is 0 Å². The number of hydrogen-bond donors (Lipinski definition) is 1. The number of H-pyrrole nitrogens is 1. The summed E-state index contributed by atoms with van der Waals surface area (Å²) in [6.45, 7) is 3.86. The van der Waals surface area contributed by atoms with Crippen LogP contribution in [0.1, 0.15) is 24.0 Å². The summed E-state index contributed by atoms with van der Waals surface area (Å²) < 4.78 is 11.3. The minimum absolute atomic E-state index is 0.115. The van der Waals surface area contributed by atoms with Crippen LogP contribution in [-0.4, -0.2) is 19.2 Å². The predicted octanol–water partition coefficient (Wildman–Crippen LogP) is 3.33. The summed E-state index contributed by atoms with van der Waals surface area (Å²) in [5.41, 5.74) is 2.89. The SMILES string of the molecule is C=Cc1cc(-c2ccc[nH]c2=O)cc(C2(OC)CC2)c1OC. The minimum atomic E-state index is -0.305. The number of aromatic nitrogens is 1. The highest BCUT2D eigenvalue weighted by Crippen LogP contribution is 2.53. The fourth-order valence-electron chi connectivity index (χ4n) is 2.87. The minimum Gasteiger partial charge on any atom is -0.496 e. The Hall–Kier alpha value is -2.33. The van der Waals surface area contributed by atoms with Gasteiger partial charge in [0.05, 0.1) is 12.7 Å². The van der Waals surface area contributed by atoms with Crippen molar-refractivity contribution in [2.75, 3.05) is 14.2 Å². The van der Waals surface area contributed by atoms with Gasteiger partial charge in [0.1, 0.15) is 5.75 Å². The number of aromatic amines is 1. The van der Waals surface area contributed by atoms with Crippen molar-refractivity contribution < 1.29 is 9.47 Å². The number of nitrogens with one attached hydrogen (secondary N) is 1. The van der Waals surface area contributed by atoms with Crippen molar-refractivity contribution in [3.8, 4) is 16.9 Å². The van der Waals surface area contributed by atoms with E-state index in [2.05, 4.69) is 11.6 Å². The molecule has 1 N–H and O–H groups in total. The second kappa shape index (κ2) is 5.46.